The Balaban J connectivity index is 1.73. The van der Waals surface area contributed by atoms with Gasteiger partial charge in [-0.1, -0.05) is 30.3 Å². The topological polar surface area (TPSA) is 44.1 Å². The lowest BCUT2D eigenvalue weighted by Crippen LogP contribution is -2.43. The van der Waals surface area contributed by atoms with Gasteiger partial charge in [0.15, 0.2) is 0 Å². The number of carbonyl (C=O) groups is 1. The number of likely N-dealkylation sites (tertiary alicyclic amines) is 1. The van der Waals surface area contributed by atoms with Crippen molar-refractivity contribution in [1.29, 1.82) is 5.26 Å². The molecule has 3 nitrogen and oxygen atoms in total. The zero-order chi connectivity index (χ0) is 13.3. The van der Waals surface area contributed by atoms with E-state index in [1.165, 1.54) is 0 Å². The van der Waals surface area contributed by atoms with Gasteiger partial charge in [0.1, 0.15) is 0 Å². The van der Waals surface area contributed by atoms with Gasteiger partial charge in [0.2, 0.25) is 5.91 Å². The molecule has 2 aliphatic rings. The molecular weight excluding hydrogens is 236 g/mol. The van der Waals surface area contributed by atoms with Crippen LogP contribution in [0.3, 0.4) is 0 Å². The average Bonchev–Trinajstić information content (AvgIpc) is 3.29. The van der Waals surface area contributed by atoms with Gasteiger partial charge >= 0.3 is 0 Å². The summed E-state index contributed by atoms with van der Waals surface area (Å²) in [6, 6.07) is 12.4. The summed E-state index contributed by atoms with van der Waals surface area (Å²) < 4.78 is 0. The summed E-state index contributed by atoms with van der Waals surface area (Å²) >= 11 is 0. The second kappa shape index (κ2) is 4.70. The Morgan fingerprint density at radius 1 is 1.21 bits per heavy atom. The Bertz CT molecular complexity index is 505. The number of nitriles is 1. The van der Waals surface area contributed by atoms with Gasteiger partial charge in [-0.3, -0.25) is 4.79 Å². The number of rotatable bonds is 2. The Morgan fingerprint density at radius 3 is 2.37 bits per heavy atom. The third-order valence-electron chi connectivity index (χ3n) is 4.45. The van der Waals surface area contributed by atoms with E-state index in [4.69, 9.17) is 5.26 Å². The Labute approximate surface area is 113 Å². The quantitative estimate of drug-likeness (QED) is 0.813. The molecule has 19 heavy (non-hydrogen) atoms. The van der Waals surface area contributed by atoms with Gasteiger partial charge < -0.3 is 4.90 Å². The van der Waals surface area contributed by atoms with E-state index in [2.05, 4.69) is 18.2 Å². The van der Waals surface area contributed by atoms with E-state index in [-0.39, 0.29) is 17.2 Å². The molecule has 1 saturated heterocycles. The second-order valence-corrected chi connectivity index (χ2v) is 5.64. The van der Waals surface area contributed by atoms with E-state index in [1.54, 1.807) is 0 Å². The normalized spacial score (nSPS) is 21.7. The number of carbonyl (C=O) groups excluding carboxylic acids is 1. The molecule has 0 bridgehead atoms. The number of hydrogen-bond acceptors (Lipinski definition) is 2. The molecule has 3 rings (SSSR count). The van der Waals surface area contributed by atoms with E-state index >= 15 is 0 Å². The van der Waals surface area contributed by atoms with Crippen LogP contribution in [0.4, 0.5) is 0 Å². The minimum atomic E-state index is -0.249. The van der Waals surface area contributed by atoms with Crippen molar-refractivity contribution in [3.63, 3.8) is 0 Å². The van der Waals surface area contributed by atoms with Crippen LogP contribution in [0.15, 0.2) is 30.3 Å². The van der Waals surface area contributed by atoms with E-state index in [0.717, 1.165) is 44.3 Å². The fourth-order valence-corrected chi connectivity index (χ4v) is 3.02. The van der Waals surface area contributed by atoms with Gasteiger partial charge in [0.05, 0.1) is 11.5 Å². The first-order valence-corrected chi connectivity index (χ1v) is 7.01. The van der Waals surface area contributed by atoms with Crippen molar-refractivity contribution in [2.45, 2.75) is 31.1 Å². The van der Waals surface area contributed by atoms with Crippen molar-refractivity contribution >= 4 is 5.91 Å². The third-order valence-corrected chi connectivity index (χ3v) is 4.45. The molecule has 1 aliphatic carbocycles. The molecule has 0 spiro atoms. The predicted octanol–water partition coefficient (Wildman–Crippen LogP) is 2.48. The van der Waals surface area contributed by atoms with E-state index in [0.29, 0.717) is 0 Å². The van der Waals surface area contributed by atoms with Crippen LogP contribution in [-0.4, -0.2) is 23.9 Å². The molecule has 0 unspecified atom stereocenters. The van der Waals surface area contributed by atoms with Crippen LogP contribution in [0.5, 0.6) is 0 Å². The minimum Gasteiger partial charge on any atom is -0.342 e. The SMILES string of the molecule is N#CC1CCN(C(=O)C2(c3ccccc3)CC2)CC1. The molecule has 0 radical (unpaired) electrons. The van der Waals surface area contributed by atoms with Gasteiger partial charge in [-0.25, -0.2) is 0 Å². The average molecular weight is 254 g/mol. The van der Waals surface area contributed by atoms with Crippen molar-refractivity contribution in [1.82, 2.24) is 4.90 Å². The summed E-state index contributed by atoms with van der Waals surface area (Å²) in [5, 5.41) is 8.91. The number of nitrogens with zero attached hydrogens (tertiary/aromatic N) is 2. The maximum Gasteiger partial charge on any atom is 0.233 e. The minimum absolute atomic E-state index is 0.135. The van der Waals surface area contributed by atoms with Gasteiger partial charge in [0, 0.05) is 19.0 Å². The largest absolute Gasteiger partial charge is 0.342 e. The van der Waals surface area contributed by atoms with Crippen molar-refractivity contribution in [2.24, 2.45) is 5.92 Å². The van der Waals surface area contributed by atoms with Gasteiger partial charge in [0.25, 0.3) is 0 Å². The first-order chi connectivity index (χ1) is 9.26. The van der Waals surface area contributed by atoms with Gasteiger partial charge in [-0.05, 0) is 31.2 Å². The monoisotopic (exact) mass is 254 g/mol. The summed E-state index contributed by atoms with van der Waals surface area (Å²) in [4.78, 5) is 14.7. The molecule has 0 atom stereocenters. The lowest BCUT2D eigenvalue weighted by Gasteiger charge is -2.32. The van der Waals surface area contributed by atoms with Crippen molar-refractivity contribution in [3.05, 3.63) is 35.9 Å². The van der Waals surface area contributed by atoms with Crippen LogP contribution in [0.2, 0.25) is 0 Å². The maximum atomic E-state index is 12.7. The maximum absolute atomic E-state index is 12.7. The standard InChI is InChI=1S/C16H18N2O/c17-12-13-6-10-18(11-7-13)15(19)16(8-9-16)14-4-2-1-3-5-14/h1-5,13H,6-11H2. The zero-order valence-corrected chi connectivity index (χ0v) is 11.0. The molecule has 0 aromatic heterocycles. The summed E-state index contributed by atoms with van der Waals surface area (Å²) in [6.07, 6.45) is 3.59. The number of benzene rings is 1. The van der Waals surface area contributed by atoms with Gasteiger partial charge in [-0.15, -0.1) is 0 Å². The third kappa shape index (κ3) is 2.12. The van der Waals surface area contributed by atoms with Crippen molar-refractivity contribution in [3.8, 4) is 6.07 Å². The van der Waals surface area contributed by atoms with Crippen LogP contribution in [-0.2, 0) is 10.2 Å². The Morgan fingerprint density at radius 2 is 1.84 bits per heavy atom. The molecule has 2 fully saturated rings. The summed E-state index contributed by atoms with van der Waals surface area (Å²) in [6.45, 7) is 1.48. The molecule has 1 aliphatic heterocycles. The first-order valence-electron chi connectivity index (χ1n) is 7.01. The molecular formula is C16H18N2O. The molecule has 1 aromatic rings. The molecule has 1 aromatic carbocycles. The van der Waals surface area contributed by atoms with Crippen LogP contribution in [0, 0.1) is 17.2 Å². The molecule has 98 valence electrons. The number of piperidine rings is 1. The second-order valence-electron chi connectivity index (χ2n) is 5.64. The van der Waals surface area contributed by atoms with E-state index in [9.17, 15) is 4.79 Å². The molecule has 0 N–H and O–H groups in total. The molecule has 1 amide bonds. The Hall–Kier alpha value is -1.82. The van der Waals surface area contributed by atoms with E-state index in [1.807, 2.05) is 23.1 Å². The summed E-state index contributed by atoms with van der Waals surface area (Å²) in [5.74, 6) is 0.408. The van der Waals surface area contributed by atoms with Crippen LogP contribution >= 0.6 is 0 Å². The number of amides is 1. The summed E-state index contributed by atoms with van der Waals surface area (Å²) in [7, 11) is 0. The fraction of sp³-hybridized carbons (Fsp3) is 0.500. The molecule has 1 heterocycles. The van der Waals surface area contributed by atoms with Gasteiger partial charge in [-0.2, -0.15) is 5.26 Å². The highest BCUT2D eigenvalue weighted by atomic mass is 16.2. The smallest absolute Gasteiger partial charge is 0.233 e. The highest BCUT2D eigenvalue weighted by molar-refractivity contribution is 5.91. The highest BCUT2D eigenvalue weighted by Gasteiger charge is 2.53. The van der Waals surface area contributed by atoms with Crippen molar-refractivity contribution in [2.75, 3.05) is 13.1 Å². The highest BCUT2D eigenvalue weighted by Crippen LogP contribution is 2.49. The van der Waals surface area contributed by atoms with Crippen molar-refractivity contribution < 1.29 is 4.79 Å². The summed E-state index contributed by atoms with van der Waals surface area (Å²) in [5.41, 5.74) is 0.906. The molecule has 3 heteroatoms. The zero-order valence-electron chi connectivity index (χ0n) is 11.0. The lowest BCUT2D eigenvalue weighted by atomic mass is 9.92. The van der Waals surface area contributed by atoms with E-state index < -0.39 is 0 Å². The Kier molecular flexibility index (Phi) is 3.02. The number of hydrogen-bond donors (Lipinski definition) is 0. The van der Waals surface area contributed by atoms with Crippen LogP contribution in [0.1, 0.15) is 31.2 Å². The first kappa shape index (κ1) is 12.2. The molecule has 1 saturated carbocycles. The van der Waals surface area contributed by atoms with Crippen LogP contribution in [0.25, 0.3) is 0 Å². The lowest BCUT2D eigenvalue weighted by molar-refractivity contribution is -0.135. The fourth-order valence-electron chi connectivity index (χ4n) is 3.02. The van der Waals surface area contributed by atoms with Crippen LogP contribution < -0.4 is 0 Å². The predicted molar refractivity (Wildman–Crippen MR) is 72.3 cm³/mol.